The lowest BCUT2D eigenvalue weighted by Gasteiger charge is -2.07. The number of hydrogen-bond acceptors (Lipinski definition) is 3. The molecule has 0 heterocycles. The zero-order valence-corrected chi connectivity index (χ0v) is 22.8. The quantitative estimate of drug-likeness (QED) is 0.175. The fraction of sp³-hybridized carbons (Fsp3) is 0.594. The normalized spacial score (nSPS) is 10.4. The molecule has 0 aromatic heterocycles. The largest absolute Gasteiger partial charge is 0.490 e. The van der Waals surface area contributed by atoms with E-state index in [1.54, 1.807) is 0 Å². The van der Waals surface area contributed by atoms with Crippen LogP contribution >= 0.6 is 0 Å². The van der Waals surface area contributed by atoms with Gasteiger partial charge in [-0.25, -0.2) is 0 Å². The Morgan fingerprint density at radius 1 is 0.556 bits per heavy atom. The molecule has 0 fully saturated rings. The van der Waals surface area contributed by atoms with Crippen molar-refractivity contribution in [3.05, 3.63) is 60.7 Å². The number of primary amides is 1. The summed E-state index contributed by atoms with van der Waals surface area (Å²) in [7, 11) is 0. The maximum atomic E-state index is 10.6. The number of unbranched alkanes of at least 4 members (excludes halogenated alkanes) is 14. The summed E-state index contributed by atoms with van der Waals surface area (Å²) >= 11 is 0. The number of hydrogen-bond donors (Lipinski definition) is 1. The molecule has 0 atom stereocenters. The van der Waals surface area contributed by atoms with Gasteiger partial charge in [-0.1, -0.05) is 133 Å². The highest BCUT2D eigenvalue weighted by Gasteiger charge is 1.96. The summed E-state index contributed by atoms with van der Waals surface area (Å²) in [5, 5.41) is 0. The highest BCUT2D eigenvalue weighted by atomic mass is 16.5. The number of ether oxygens (including phenoxy) is 2. The fourth-order valence-corrected chi connectivity index (χ4v) is 4.02. The van der Waals surface area contributed by atoms with Gasteiger partial charge in [0.2, 0.25) is 5.91 Å². The molecule has 36 heavy (non-hydrogen) atoms. The maximum Gasteiger partial charge on any atom is 0.217 e. The van der Waals surface area contributed by atoms with Gasteiger partial charge in [0, 0.05) is 6.42 Å². The Bertz CT molecular complexity index is 679. The summed E-state index contributed by atoms with van der Waals surface area (Å²) in [6.45, 7) is 3.38. The first-order valence-corrected chi connectivity index (χ1v) is 14.4. The third kappa shape index (κ3) is 20.8. The van der Waals surface area contributed by atoms with Crippen LogP contribution in [0, 0.1) is 0 Å². The van der Waals surface area contributed by atoms with Crippen LogP contribution in [0.3, 0.4) is 0 Å². The maximum absolute atomic E-state index is 10.6. The number of nitrogens with two attached hydrogens (primary N) is 1. The lowest BCUT2D eigenvalue weighted by molar-refractivity contribution is -0.118. The van der Waals surface area contributed by atoms with Gasteiger partial charge in [-0.15, -0.1) is 0 Å². The van der Waals surface area contributed by atoms with Gasteiger partial charge in [0.1, 0.15) is 24.7 Å². The summed E-state index contributed by atoms with van der Waals surface area (Å²) < 4.78 is 11.0. The molecule has 2 N–H and O–H groups in total. The van der Waals surface area contributed by atoms with Gasteiger partial charge in [0.25, 0.3) is 0 Å². The molecule has 0 radical (unpaired) electrons. The zero-order valence-electron chi connectivity index (χ0n) is 22.8. The van der Waals surface area contributed by atoms with E-state index in [9.17, 15) is 4.79 Å². The molecule has 0 aliphatic carbocycles. The molecule has 2 aromatic rings. The molecular formula is C32H51NO3. The van der Waals surface area contributed by atoms with E-state index in [0.717, 1.165) is 17.9 Å². The molecule has 0 aliphatic heterocycles. The number of carbonyl (C=O) groups is 1. The Morgan fingerprint density at radius 3 is 1.22 bits per heavy atom. The Morgan fingerprint density at radius 2 is 0.889 bits per heavy atom. The minimum Gasteiger partial charge on any atom is -0.490 e. The van der Waals surface area contributed by atoms with Gasteiger partial charge in [-0.05, 0) is 30.7 Å². The van der Waals surface area contributed by atoms with Crippen LogP contribution in [0.2, 0.25) is 0 Å². The van der Waals surface area contributed by atoms with Crippen LogP contribution in [0.25, 0.3) is 0 Å². The van der Waals surface area contributed by atoms with Crippen molar-refractivity contribution in [2.75, 3.05) is 13.2 Å². The second-order valence-corrected chi connectivity index (χ2v) is 9.49. The Balaban J connectivity index is 0.000000367. The molecule has 0 saturated carbocycles. The van der Waals surface area contributed by atoms with E-state index in [4.69, 9.17) is 15.2 Å². The minimum atomic E-state index is -0.153. The van der Waals surface area contributed by atoms with Crippen molar-refractivity contribution < 1.29 is 14.3 Å². The van der Waals surface area contributed by atoms with Crippen molar-refractivity contribution in [1.82, 2.24) is 0 Å². The van der Waals surface area contributed by atoms with Gasteiger partial charge >= 0.3 is 0 Å². The SMILES string of the molecule is CCCCCCCCCCCCCCCCCC(N)=O.c1ccc(OCCOc2ccccc2)cc1. The van der Waals surface area contributed by atoms with Crippen molar-refractivity contribution in [1.29, 1.82) is 0 Å². The van der Waals surface area contributed by atoms with Crippen molar-refractivity contribution in [3.63, 3.8) is 0 Å². The summed E-state index contributed by atoms with van der Waals surface area (Å²) in [4.78, 5) is 10.6. The molecule has 0 unspecified atom stereocenters. The van der Waals surface area contributed by atoms with Crippen LogP contribution < -0.4 is 15.2 Å². The third-order valence-corrected chi connectivity index (χ3v) is 6.13. The molecular weight excluding hydrogens is 446 g/mol. The van der Waals surface area contributed by atoms with E-state index < -0.39 is 0 Å². The van der Waals surface area contributed by atoms with Crippen molar-refractivity contribution in [3.8, 4) is 11.5 Å². The van der Waals surface area contributed by atoms with Crippen molar-refractivity contribution in [2.45, 2.75) is 110 Å². The Hall–Kier alpha value is -2.49. The molecule has 0 bridgehead atoms. The van der Waals surface area contributed by atoms with E-state index >= 15 is 0 Å². The van der Waals surface area contributed by atoms with Crippen molar-refractivity contribution >= 4 is 5.91 Å². The van der Waals surface area contributed by atoms with E-state index in [1.165, 1.54) is 89.9 Å². The second kappa shape index (κ2) is 24.2. The third-order valence-electron chi connectivity index (χ3n) is 6.13. The van der Waals surface area contributed by atoms with E-state index in [0.29, 0.717) is 19.6 Å². The van der Waals surface area contributed by atoms with Crippen LogP contribution in [0.5, 0.6) is 11.5 Å². The van der Waals surface area contributed by atoms with Gasteiger partial charge < -0.3 is 15.2 Å². The van der Waals surface area contributed by atoms with Crippen LogP contribution in [0.15, 0.2) is 60.7 Å². The van der Waals surface area contributed by atoms with Crippen LogP contribution in [0.1, 0.15) is 110 Å². The number of para-hydroxylation sites is 2. The van der Waals surface area contributed by atoms with Crippen LogP contribution in [0.4, 0.5) is 0 Å². The van der Waals surface area contributed by atoms with Crippen molar-refractivity contribution in [2.24, 2.45) is 5.73 Å². The Labute approximate surface area is 221 Å². The molecule has 0 aliphatic rings. The van der Waals surface area contributed by atoms with E-state index in [2.05, 4.69) is 6.92 Å². The monoisotopic (exact) mass is 497 g/mol. The minimum absolute atomic E-state index is 0.153. The van der Waals surface area contributed by atoms with Gasteiger partial charge in [-0.2, -0.15) is 0 Å². The zero-order chi connectivity index (χ0) is 25.9. The fourth-order valence-electron chi connectivity index (χ4n) is 4.02. The summed E-state index contributed by atoms with van der Waals surface area (Å²) in [6, 6.07) is 19.5. The van der Waals surface area contributed by atoms with Gasteiger partial charge in [-0.3, -0.25) is 4.79 Å². The average molecular weight is 498 g/mol. The standard InChI is InChI=1S/C18H37NO.C14H14O2/c1-2-3-4-5-6-7-8-9-10-11-12-13-14-15-16-17-18(19)20;1-3-7-13(8-4-1)15-11-12-16-14-9-5-2-6-10-14/h2-17H2,1H3,(H2,19,20);1-10H,11-12H2. The van der Waals surface area contributed by atoms with Gasteiger partial charge in [0.15, 0.2) is 0 Å². The topological polar surface area (TPSA) is 61.6 Å². The number of amides is 1. The summed E-state index contributed by atoms with van der Waals surface area (Å²) in [5.74, 6) is 1.60. The molecule has 202 valence electrons. The predicted molar refractivity (Wildman–Crippen MR) is 153 cm³/mol. The first-order chi connectivity index (χ1) is 17.7. The number of carbonyl (C=O) groups excluding carboxylic acids is 1. The summed E-state index contributed by atoms with van der Waals surface area (Å²) in [6.07, 6.45) is 20.9. The number of benzene rings is 2. The Kier molecular flexibility index (Phi) is 21.2. The lowest BCUT2D eigenvalue weighted by Crippen LogP contribution is -2.09. The van der Waals surface area contributed by atoms with Crippen LogP contribution in [-0.4, -0.2) is 19.1 Å². The molecule has 1 amide bonds. The molecule has 2 aromatic carbocycles. The molecule has 0 saturated heterocycles. The first-order valence-electron chi connectivity index (χ1n) is 14.4. The van der Waals surface area contributed by atoms with Gasteiger partial charge in [0.05, 0.1) is 0 Å². The molecule has 0 spiro atoms. The first kappa shape index (κ1) is 31.5. The molecule has 2 rings (SSSR count). The second-order valence-electron chi connectivity index (χ2n) is 9.49. The smallest absolute Gasteiger partial charge is 0.217 e. The molecule has 4 nitrogen and oxygen atoms in total. The van der Waals surface area contributed by atoms with Crippen LogP contribution in [-0.2, 0) is 4.79 Å². The summed E-state index contributed by atoms with van der Waals surface area (Å²) in [5.41, 5.74) is 5.11. The van der Waals surface area contributed by atoms with E-state index in [1.807, 2.05) is 60.7 Å². The highest BCUT2D eigenvalue weighted by Crippen LogP contribution is 2.14. The number of rotatable bonds is 21. The average Bonchev–Trinajstić information content (AvgIpc) is 2.90. The van der Waals surface area contributed by atoms with E-state index in [-0.39, 0.29) is 5.91 Å². The predicted octanol–water partition coefficient (Wildman–Crippen LogP) is 8.88. The highest BCUT2D eigenvalue weighted by molar-refractivity contribution is 5.73. The lowest BCUT2D eigenvalue weighted by atomic mass is 10.0. The molecule has 4 heteroatoms.